The predicted octanol–water partition coefficient (Wildman–Crippen LogP) is 3.90. The number of nitrogens with zero attached hydrogens (tertiary/aromatic N) is 3. The molecule has 3 aromatic rings. The van der Waals surface area contributed by atoms with Gasteiger partial charge in [-0.2, -0.15) is 5.10 Å². The molecule has 1 saturated heterocycles. The number of carbonyl (C=O) groups excluding carboxylic acids is 1. The number of methoxy groups -OCH3 is 1. The quantitative estimate of drug-likeness (QED) is 0.627. The normalized spacial score (nSPS) is 14.4. The van der Waals surface area contributed by atoms with E-state index in [0.29, 0.717) is 17.9 Å². The Morgan fingerprint density at radius 1 is 1.06 bits per heavy atom. The minimum absolute atomic E-state index is 0.186. The largest absolute Gasteiger partial charge is 0.497 e. The van der Waals surface area contributed by atoms with Crippen molar-refractivity contribution >= 4 is 5.91 Å². The van der Waals surface area contributed by atoms with Gasteiger partial charge >= 0.3 is 0 Å². The molecular formula is C24H27FN4O2. The smallest absolute Gasteiger partial charge is 0.270 e. The summed E-state index contributed by atoms with van der Waals surface area (Å²) in [5.74, 6) is 0.227. The van der Waals surface area contributed by atoms with Gasteiger partial charge in [-0.05, 0) is 80.5 Å². The van der Waals surface area contributed by atoms with E-state index >= 15 is 0 Å². The van der Waals surface area contributed by atoms with Crippen LogP contribution in [-0.2, 0) is 0 Å². The van der Waals surface area contributed by atoms with Crippen LogP contribution in [0.2, 0.25) is 0 Å². The third-order valence-corrected chi connectivity index (χ3v) is 5.56. The Balaban J connectivity index is 1.57. The molecule has 31 heavy (non-hydrogen) atoms. The zero-order valence-corrected chi connectivity index (χ0v) is 17.7. The molecule has 6 nitrogen and oxygen atoms in total. The van der Waals surface area contributed by atoms with Crippen LogP contribution in [0.25, 0.3) is 16.9 Å². The number of nitrogens with one attached hydrogen (secondary N) is 1. The number of piperidine rings is 1. The van der Waals surface area contributed by atoms with Crippen LogP contribution < -0.4 is 10.1 Å². The van der Waals surface area contributed by atoms with Gasteiger partial charge in [0.25, 0.3) is 5.91 Å². The van der Waals surface area contributed by atoms with Crippen molar-refractivity contribution in [3.63, 3.8) is 0 Å². The maximum absolute atomic E-state index is 13.3. The molecule has 4 rings (SSSR count). The number of amides is 1. The zero-order valence-electron chi connectivity index (χ0n) is 17.7. The van der Waals surface area contributed by atoms with Crippen molar-refractivity contribution in [2.75, 3.05) is 33.3 Å². The zero-order chi connectivity index (χ0) is 21.6. The van der Waals surface area contributed by atoms with Gasteiger partial charge in [0.15, 0.2) is 0 Å². The third kappa shape index (κ3) is 5.11. The lowest BCUT2D eigenvalue weighted by atomic mass is 10.1. The molecule has 1 aliphatic rings. The van der Waals surface area contributed by atoms with Crippen molar-refractivity contribution in [2.24, 2.45) is 0 Å². The summed E-state index contributed by atoms with van der Waals surface area (Å²) < 4.78 is 20.2. The van der Waals surface area contributed by atoms with Crippen molar-refractivity contribution in [1.82, 2.24) is 20.0 Å². The Labute approximate surface area is 181 Å². The molecule has 0 atom stereocenters. The summed E-state index contributed by atoms with van der Waals surface area (Å²) in [5.41, 5.74) is 2.53. The van der Waals surface area contributed by atoms with E-state index in [2.05, 4.69) is 15.3 Å². The molecule has 0 spiro atoms. The summed E-state index contributed by atoms with van der Waals surface area (Å²) in [6.45, 7) is 3.61. The summed E-state index contributed by atoms with van der Waals surface area (Å²) in [5, 5.41) is 7.66. The van der Waals surface area contributed by atoms with E-state index in [9.17, 15) is 9.18 Å². The number of ether oxygens (including phenoxy) is 1. The highest BCUT2D eigenvalue weighted by atomic mass is 19.1. The predicted molar refractivity (Wildman–Crippen MR) is 118 cm³/mol. The van der Waals surface area contributed by atoms with Crippen molar-refractivity contribution < 1.29 is 13.9 Å². The number of carbonyl (C=O) groups is 1. The summed E-state index contributed by atoms with van der Waals surface area (Å²) in [7, 11) is 1.61. The van der Waals surface area contributed by atoms with Crippen molar-refractivity contribution in [3.8, 4) is 22.7 Å². The molecule has 1 aromatic heterocycles. The van der Waals surface area contributed by atoms with Crippen LogP contribution >= 0.6 is 0 Å². The molecule has 1 N–H and O–H groups in total. The molecular weight excluding hydrogens is 395 g/mol. The molecule has 2 heterocycles. The van der Waals surface area contributed by atoms with E-state index in [4.69, 9.17) is 4.74 Å². The van der Waals surface area contributed by atoms with Gasteiger partial charge in [-0.3, -0.25) is 4.79 Å². The molecule has 1 aliphatic heterocycles. The summed E-state index contributed by atoms with van der Waals surface area (Å²) >= 11 is 0. The Hall–Kier alpha value is -3.19. The van der Waals surface area contributed by atoms with E-state index in [0.717, 1.165) is 36.6 Å². The molecule has 0 aliphatic carbocycles. The maximum atomic E-state index is 13.3. The maximum Gasteiger partial charge on any atom is 0.270 e. The SMILES string of the molecule is COc1ccc(-n2nc(-c3ccc(F)cc3)cc2C(=O)NCCN2CCCCC2)cc1. The van der Waals surface area contributed by atoms with Crippen molar-refractivity contribution in [3.05, 3.63) is 66.1 Å². The average molecular weight is 423 g/mol. The molecule has 162 valence electrons. The first-order valence-corrected chi connectivity index (χ1v) is 10.6. The van der Waals surface area contributed by atoms with Gasteiger partial charge in [0.2, 0.25) is 0 Å². The molecule has 0 unspecified atom stereocenters. The number of likely N-dealkylation sites (tertiary alicyclic amines) is 1. The summed E-state index contributed by atoms with van der Waals surface area (Å²) in [6.07, 6.45) is 3.73. The van der Waals surface area contributed by atoms with E-state index in [-0.39, 0.29) is 11.7 Å². The molecule has 1 amide bonds. The highest BCUT2D eigenvalue weighted by molar-refractivity contribution is 5.94. The Morgan fingerprint density at radius 3 is 2.45 bits per heavy atom. The molecule has 2 aromatic carbocycles. The van der Waals surface area contributed by atoms with Crippen LogP contribution in [0.4, 0.5) is 4.39 Å². The van der Waals surface area contributed by atoms with Crippen LogP contribution in [0.1, 0.15) is 29.8 Å². The molecule has 7 heteroatoms. The van der Waals surface area contributed by atoms with Gasteiger partial charge in [-0.1, -0.05) is 6.42 Å². The fourth-order valence-electron chi connectivity index (χ4n) is 3.83. The fourth-order valence-corrected chi connectivity index (χ4v) is 3.83. The van der Waals surface area contributed by atoms with Crippen molar-refractivity contribution in [1.29, 1.82) is 0 Å². The minimum Gasteiger partial charge on any atom is -0.497 e. The number of halogens is 1. The van der Waals surface area contributed by atoms with Gasteiger partial charge in [0.1, 0.15) is 17.3 Å². The highest BCUT2D eigenvalue weighted by Gasteiger charge is 2.18. The third-order valence-electron chi connectivity index (χ3n) is 5.56. The lowest BCUT2D eigenvalue weighted by Crippen LogP contribution is -2.38. The van der Waals surface area contributed by atoms with Gasteiger partial charge in [0, 0.05) is 18.7 Å². The van der Waals surface area contributed by atoms with Crippen LogP contribution in [-0.4, -0.2) is 53.9 Å². The van der Waals surface area contributed by atoms with E-state index in [1.54, 1.807) is 30.0 Å². The second-order valence-corrected chi connectivity index (χ2v) is 7.69. The second kappa shape index (κ2) is 9.75. The first kappa shape index (κ1) is 21.1. The minimum atomic E-state index is -0.311. The number of aromatic nitrogens is 2. The van der Waals surface area contributed by atoms with Crippen molar-refractivity contribution in [2.45, 2.75) is 19.3 Å². The first-order valence-electron chi connectivity index (χ1n) is 10.6. The van der Waals surface area contributed by atoms with Crippen LogP contribution in [0.3, 0.4) is 0 Å². The fraction of sp³-hybridized carbons (Fsp3) is 0.333. The van der Waals surface area contributed by atoms with E-state index in [1.807, 2.05) is 24.3 Å². The Bertz CT molecular complexity index is 1010. The highest BCUT2D eigenvalue weighted by Crippen LogP contribution is 2.23. The summed E-state index contributed by atoms with van der Waals surface area (Å²) in [4.78, 5) is 15.4. The lowest BCUT2D eigenvalue weighted by Gasteiger charge is -2.26. The molecule has 0 radical (unpaired) electrons. The topological polar surface area (TPSA) is 59.4 Å². The van der Waals surface area contributed by atoms with Gasteiger partial charge < -0.3 is 15.0 Å². The number of hydrogen-bond acceptors (Lipinski definition) is 4. The number of benzene rings is 2. The molecule has 0 bridgehead atoms. The van der Waals surface area contributed by atoms with Crippen LogP contribution in [0.5, 0.6) is 5.75 Å². The lowest BCUT2D eigenvalue weighted by molar-refractivity contribution is 0.0939. The Kier molecular flexibility index (Phi) is 6.62. The van der Waals surface area contributed by atoms with Gasteiger partial charge in [-0.25, -0.2) is 9.07 Å². The van der Waals surface area contributed by atoms with Gasteiger partial charge in [0.05, 0.1) is 18.5 Å². The molecule has 0 saturated carbocycles. The van der Waals surface area contributed by atoms with E-state index < -0.39 is 0 Å². The average Bonchev–Trinajstić information content (AvgIpc) is 3.26. The van der Waals surface area contributed by atoms with Crippen LogP contribution in [0, 0.1) is 5.82 Å². The number of hydrogen-bond donors (Lipinski definition) is 1. The Morgan fingerprint density at radius 2 is 1.77 bits per heavy atom. The monoisotopic (exact) mass is 422 g/mol. The van der Waals surface area contributed by atoms with E-state index in [1.165, 1.54) is 31.4 Å². The van der Waals surface area contributed by atoms with Gasteiger partial charge in [-0.15, -0.1) is 0 Å². The number of rotatable bonds is 7. The first-order chi connectivity index (χ1) is 15.1. The molecule has 1 fully saturated rings. The standard InChI is InChI=1S/C24H27FN4O2/c1-31-21-11-9-20(10-12-21)29-23(17-22(27-29)18-5-7-19(25)8-6-18)24(30)26-13-16-28-14-3-2-4-15-28/h5-12,17H,2-4,13-16H2,1H3,(H,26,30). The second-order valence-electron chi connectivity index (χ2n) is 7.69. The summed E-state index contributed by atoms with van der Waals surface area (Å²) in [6, 6.07) is 15.2. The van der Waals surface area contributed by atoms with Crippen LogP contribution in [0.15, 0.2) is 54.6 Å².